The second kappa shape index (κ2) is 14.1. The van der Waals surface area contributed by atoms with Gasteiger partial charge in [0.1, 0.15) is 18.3 Å². The molecule has 12 heteroatoms. The van der Waals surface area contributed by atoms with E-state index in [1.165, 1.54) is 36.3 Å². The van der Waals surface area contributed by atoms with Crippen LogP contribution in [-0.4, -0.2) is 51.4 Å². The van der Waals surface area contributed by atoms with E-state index in [0.29, 0.717) is 28.6 Å². The molecule has 0 radical (unpaired) electrons. The third-order valence-corrected chi connectivity index (χ3v) is 8.84. The SMILES string of the molecule is CCCNC(=O)C(C)N(Cc1c(Cl)cccc1Cl)C(=O)CN(c1cc(Cl)ccc1OC)S(=O)(=O)c1ccccc1. The molecule has 40 heavy (non-hydrogen) atoms. The number of anilines is 1. The summed E-state index contributed by atoms with van der Waals surface area (Å²) < 4.78 is 34.2. The van der Waals surface area contributed by atoms with Crippen LogP contribution in [0.1, 0.15) is 25.8 Å². The first-order valence-electron chi connectivity index (χ1n) is 12.4. The van der Waals surface area contributed by atoms with Gasteiger partial charge >= 0.3 is 0 Å². The molecule has 0 saturated carbocycles. The smallest absolute Gasteiger partial charge is 0.264 e. The minimum atomic E-state index is -4.29. The number of nitrogens with one attached hydrogen (secondary N) is 1. The van der Waals surface area contributed by atoms with Gasteiger partial charge in [-0.05, 0) is 55.8 Å². The fourth-order valence-electron chi connectivity index (χ4n) is 3.92. The van der Waals surface area contributed by atoms with Gasteiger partial charge in [-0.15, -0.1) is 0 Å². The Hall–Kier alpha value is -2.98. The summed E-state index contributed by atoms with van der Waals surface area (Å²) in [6, 6.07) is 16.1. The summed E-state index contributed by atoms with van der Waals surface area (Å²) in [5, 5.41) is 3.63. The van der Waals surface area contributed by atoms with E-state index in [1.807, 2.05) is 6.92 Å². The van der Waals surface area contributed by atoms with Crippen molar-refractivity contribution in [1.82, 2.24) is 10.2 Å². The van der Waals surface area contributed by atoms with Crippen molar-refractivity contribution in [2.45, 2.75) is 37.8 Å². The maximum Gasteiger partial charge on any atom is 0.264 e. The number of nitrogens with zero attached hydrogens (tertiary/aromatic N) is 2. The number of carbonyl (C=O) groups excluding carboxylic acids is 2. The maximum atomic E-state index is 14.0. The molecule has 8 nitrogen and oxygen atoms in total. The lowest BCUT2D eigenvalue weighted by Gasteiger charge is -2.32. The number of amides is 2. The van der Waals surface area contributed by atoms with Gasteiger partial charge in [0.2, 0.25) is 11.8 Å². The Morgan fingerprint density at radius 3 is 2.23 bits per heavy atom. The summed E-state index contributed by atoms with van der Waals surface area (Å²) in [7, 11) is -2.90. The second-order valence-electron chi connectivity index (χ2n) is 8.83. The highest BCUT2D eigenvalue weighted by molar-refractivity contribution is 7.92. The normalized spacial score (nSPS) is 11.9. The topological polar surface area (TPSA) is 96.0 Å². The third-order valence-electron chi connectivity index (χ3n) is 6.13. The van der Waals surface area contributed by atoms with Gasteiger partial charge in [0.25, 0.3) is 10.0 Å². The number of hydrogen-bond donors (Lipinski definition) is 1. The molecule has 1 N–H and O–H groups in total. The Balaban J connectivity index is 2.12. The Kier molecular flexibility index (Phi) is 11.1. The molecule has 2 amide bonds. The summed E-state index contributed by atoms with van der Waals surface area (Å²) >= 11 is 19.0. The van der Waals surface area contributed by atoms with E-state index < -0.39 is 34.4 Å². The van der Waals surface area contributed by atoms with Gasteiger partial charge in [0, 0.05) is 33.7 Å². The zero-order valence-corrected chi connectivity index (χ0v) is 25.3. The third kappa shape index (κ3) is 7.40. The van der Waals surface area contributed by atoms with E-state index in [4.69, 9.17) is 39.5 Å². The lowest BCUT2D eigenvalue weighted by molar-refractivity contribution is -0.139. The van der Waals surface area contributed by atoms with Crippen LogP contribution in [0.3, 0.4) is 0 Å². The molecule has 0 aliphatic rings. The summed E-state index contributed by atoms with van der Waals surface area (Å²) in [6.45, 7) is 3.07. The van der Waals surface area contributed by atoms with Crippen molar-refractivity contribution >= 4 is 62.3 Å². The average Bonchev–Trinajstić information content (AvgIpc) is 2.94. The van der Waals surface area contributed by atoms with Crippen molar-refractivity contribution in [2.75, 3.05) is 24.5 Å². The van der Waals surface area contributed by atoms with E-state index in [0.717, 1.165) is 4.31 Å². The molecule has 0 aromatic heterocycles. The van der Waals surface area contributed by atoms with Crippen molar-refractivity contribution in [1.29, 1.82) is 0 Å². The first-order chi connectivity index (χ1) is 19.0. The van der Waals surface area contributed by atoms with Gasteiger partial charge in [0.05, 0.1) is 17.7 Å². The van der Waals surface area contributed by atoms with Crippen LogP contribution in [0.5, 0.6) is 5.75 Å². The predicted molar refractivity (Wildman–Crippen MR) is 159 cm³/mol. The van der Waals surface area contributed by atoms with E-state index in [9.17, 15) is 18.0 Å². The molecule has 0 saturated heterocycles. The van der Waals surface area contributed by atoms with Gasteiger partial charge in [-0.3, -0.25) is 13.9 Å². The van der Waals surface area contributed by atoms with Gasteiger partial charge in [-0.2, -0.15) is 0 Å². The lowest BCUT2D eigenvalue weighted by atomic mass is 10.1. The number of ether oxygens (including phenoxy) is 1. The molecule has 0 bridgehead atoms. The number of methoxy groups -OCH3 is 1. The van der Waals surface area contributed by atoms with E-state index in [2.05, 4.69) is 5.32 Å². The minimum Gasteiger partial charge on any atom is -0.495 e. The summed E-state index contributed by atoms with van der Waals surface area (Å²) in [4.78, 5) is 28.2. The van der Waals surface area contributed by atoms with Gasteiger partial charge in [-0.1, -0.05) is 66.0 Å². The molecule has 1 atom stereocenters. The van der Waals surface area contributed by atoms with Crippen molar-refractivity contribution < 1.29 is 22.7 Å². The fraction of sp³-hybridized carbons (Fsp3) is 0.286. The molecule has 1 unspecified atom stereocenters. The summed E-state index contributed by atoms with van der Waals surface area (Å²) in [6.07, 6.45) is 0.695. The van der Waals surface area contributed by atoms with E-state index >= 15 is 0 Å². The monoisotopic (exact) mass is 625 g/mol. The molecule has 214 valence electrons. The molecule has 0 spiro atoms. The van der Waals surface area contributed by atoms with Crippen molar-refractivity contribution in [2.24, 2.45) is 0 Å². The second-order valence-corrected chi connectivity index (χ2v) is 11.9. The highest BCUT2D eigenvalue weighted by atomic mass is 35.5. The van der Waals surface area contributed by atoms with Crippen molar-refractivity contribution in [3.8, 4) is 5.75 Å². The molecular weight excluding hydrogens is 597 g/mol. The average molecular weight is 627 g/mol. The van der Waals surface area contributed by atoms with Crippen LogP contribution in [-0.2, 0) is 26.2 Å². The number of rotatable bonds is 12. The van der Waals surface area contributed by atoms with E-state index in [-0.39, 0.29) is 27.9 Å². The van der Waals surface area contributed by atoms with E-state index in [1.54, 1.807) is 49.4 Å². The number of benzene rings is 3. The zero-order chi connectivity index (χ0) is 29.4. The van der Waals surface area contributed by atoms with Gasteiger partial charge in [0.15, 0.2) is 0 Å². The van der Waals surface area contributed by atoms with Gasteiger partial charge < -0.3 is 15.0 Å². The zero-order valence-electron chi connectivity index (χ0n) is 22.2. The van der Waals surface area contributed by atoms with Crippen molar-refractivity contribution in [3.05, 3.63) is 87.4 Å². The highest BCUT2D eigenvalue weighted by Crippen LogP contribution is 2.35. The number of carbonyl (C=O) groups is 2. The van der Waals surface area contributed by atoms with Crippen LogP contribution in [0, 0.1) is 0 Å². The number of halogens is 3. The first-order valence-corrected chi connectivity index (χ1v) is 15.0. The predicted octanol–water partition coefficient (Wildman–Crippen LogP) is 5.79. The summed E-state index contributed by atoms with van der Waals surface area (Å²) in [5.74, 6) is -0.890. The van der Waals surface area contributed by atoms with Gasteiger partial charge in [-0.25, -0.2) is 8.42 Å². The Morgan fingerprint density at radius 2 is 1.62 bits per heavy atom. The fourth-order valence-corrected chi connectivity index (χ4v) is 6.04. The van der Waals surface area contributed by atoms with Crippen LogP contribution >= 0.6 is 34.8 Å². The molecule has 0 aliphatic carbocycles. The molecule has 3 aromatic rings. The molecule has 3 rings (SSSR count). The lowest BCUT2D eigenvalue weighted by Crippen LogP contribution is -2.51. The molecule has 0 aliphatic heterocycles. The largest absolute Gasteiger partial charge is 0.495 e. The molecule has 3 aromatic carbocycles. The van der Waals surface area contributed by atoms with Crippen LogP contribution in [0.4, 0.5) is 5.69 Å². The molecular formula is C28H30Cl3N3O5S. The van der Waals surface area contributed by atoms with Crippen LogP contribution < -0.4 is 14.4 Å². The van der Waals surface area contributed by atoms with Crippen molar-refractivity contribution in [3.63, 3.8) is 0 Å². The maximum absolute atomic E-state index is 14.0. The van der Waals surface area contributed by atoms with Crippen LogP contribution in [0.2, 0.25) is 15.1 Å². The van der Waals surface area contributed by atoms with Crippen LogP contribution in [0.25, 0.3) is 0 Å². The van der Waals surface area contributed by atoms with Crippen LogP contribution in [0.15, 0.2) is 71.6 Å². The number of sulfonamides is 1. The molecule has 0 fully saturated rings. The Morgan fingerprint density at radius 1 is 0.975 bits per heavy atom. The standard InChI is InChI=1S/C28H30Cl3N3O5S/c1-4-15-32-28(36)19(2)33(17-22-23(30)11-8-12-24(22)31)27(35)18-34(25-16-20(29)13-14-26(25)39-3)40(37,38)21-9-6-5-7-10-21/h5-14,16,19H,4,15,17-18H2,1-3H3,(H,32,36). The Bertz CT molecular complexity index is 1430. The highest BCUT2D eigenvalue weighted by Gasteiger charge is 2.34. The minimum absolute atomic E-state index is 0.0423. The number of hydrogen-bond acceptors (Lipinski definition) is 5. The molecule has 0 heterocycles. The Labute approximate surface area is 249 Å². The summed E-state index contributed by atoms with van der Waals surface area (Å²) in [5.41, 5.74) is 0.484. The first kappa shape index (κ1) is 31.5. The quantitative estimate of drug-likeness (QED) is 0.274.